The molecule has 25 heavy (non-hydrogen) atoms. The number of thiophene rings is 1. The number of carbonyl (C=O) groups excluding carboxylic acids is 1. The van der Waals surface area contributed by atoms with Crippen molar-refractivity contribution in [2.24, 2.45) is 5.92 Å². The number of carbonyl (C=O) groups is 1. The molecule has 0 bridgehead atoms. The fraction of sp³-hybridized carbons (Fsp3) is 0.476. The van der Waals surface area contributed by atoms with Crippen LogP contribution in [-0.4, -0.2) is 36.9 Å². The molecule has 1 aliphatic rings. The summed E-state index contributed by atoms with van der Waals surface area (Å²) in [5.74, 6) is 1.72. The van der Waals surface area contributed by atoms with Crippen LogP contribution in [0.25, 0.3) is 0 Å². The third-order valence-electron chi connectivity index (χ3n) is 4.96. The van der Waals surface area contributed by atoms with E-state index in [0.717, 1.165) is 43.8 Å². The molecule has 1 aliphatic carbocycles. The number of hydrogen-bond acceptors (Lipinski definition) is 4. The summed E-state index contributed by atoms with van der Waals surface area (Å²) < 4.78 is 5.80. The van der Waals surface area contributed by atoms with Gasteiger partial charge in [0.15, 0.2) is 5.78 Å². The maximum atomic E-state index is 12.6. The predicted octanol–water partition coefficient (Wildman–Crippen LogP) is 4.85. The molecule has 3 nitrogen and oxygen atoms in total. The van der Waals surface area contributed by atoms with Gasteiger partial charge in [0, 0.05) is 28.8 Å². The van der Waals surface area contributed by atoms with Crippen molar-refractivity contribution in [2.75, 3.05) is 26.2 Å². The van der Waals surface area contributed by atoms with Crippen molar-refractivity contribution < 1.29 is 9.53 Å². The van der Waals surface area contributed by atoms with Gasteiger partial charge < -0.3 is 9.64 Å². The Morgan fingerprint density at radius 1 is 1.20 bits per heavy atom. The lowest BCUT2D eigenvalue weighted by Crippen LogP contribution is -2.25. The fourth-order valence-corrected chi connectivity index (χ4v) is 4.16. The number of hydrogen-bond donors (Lipinski definition) is 0. The average molecular weight is 358 g/mol. The quantitative estimate of drug-likeness (QED) is 0.450. The van der Waals surface area contributed by atoms with Crippen LogP contribution in [0.15, 0.2) is 41.8 Å². The van der Waals surface area contributed by atoms with Gasteiger partial charge in [0.2, 0.25) is 0 Å². The van der Waals surface area contributed by atoms with Gasteiger partial charge in [-0.2, -0.15) is 0 Å². The van der Waals surface area contributed by atoms with Crippen LogP contribution in [0.2, 0.25) is 0 Å². The highest BCUT2D eigenvalue weighted by Crippen LogP contribution is 2.50. The van der Waals surface area contributed by atoms with Gasteiger partial charge in [-0.25, -0.2) is 0 Å². The molecule has 1 fully saturated rings. The van der Waals surface area contributed by atoms with Crippen molar-refractivity contribution in [3.8, 4) is 5.75 Å². The Kier molecular flexibility index (Phi) is 6.27. The standard InChI is InChI=1S/C21H27NO2S/c1-3-22(4-2)12-6-13-24-17-10-8-16(9-11-17)21(23)19-15-18(19)20-7-5-14-25-20/h5,7-11,14,18-19H,3-4,6,12-13,15H2,1-2H3/t18-,19-/m1/s1. The summed E-state index contributed by atoms with van der Waals surface area (Å²) in [4.78, 5) is 16.3. The first-order chi connectivity index (χ1) is 12.2. The van der Waals surface area contributed by atoms with Gasteiger partial charge in [0.25, 0.3) is 0 Å². The largest absolute Gasteiger partial charge is 0.494 e. The molecule has 0 radical (unpaired) electrons. The molecule has 0 amide bonds. The molecule has 0 aliphatic heterocycles. The molecule has 3 rings (SSSR count). The summed E-state index contributed by atoms with van der Waals surface area (Å²) in [6.45, 7) is 8.32. The van der Waals surface area contributed by atoms with E-state index in [-0.39, 0.29) is 11.7 Å². The molecule has 0 saturated heterocycles. The molecule has 1 saturated carbocycles. The predicted molar refractivity (Wildman–Crippen MR) is 104 cm³/mol. The Bertz CT molecular complexity index is 662. The van der Waals surface area contributed by atoms with Gasteiger partial charge in [-0.15, -0.1) is 11.3 Å². The van der Waals surface area contributed by atoms with Gasteiger partial charge in [0.05, 0.1) is 6.61 Å². The minimum absolute atomic E-state index is 0.166. The average Bonchev–Trinajstić information content (AvgIpc) is 3.26. The molecule has 1 aromatic carbocycles. The van der Waals surface area contributed by atoms with E-state index in [0.29, 0.717) is 12.5 Å². The Morgan fingerprint density at radius 3 is 2.60 bits per heavy atom. The summed E-state index contributed by atoms with van der Waals surface area (Å²) in [6.07, 6.45) is 2.01. The lowest BCUT2D eigenvalue weighted by Gasteiger charge is -2.17. The van der Waals surface area contributed by atoms with E-state index in [1.807, 2.05) is 24.3 Å². The topological polar surface area (TPSA) is 29.5 Å². The number of nitrogens with zero attached hydrogens (tertiary/aromatic N) is 1. The third kappa shape index (κ3) is 4.71. The first-order valence-electron chi connectivity index (χ1n) is 9.25. The lowest BCUT2D eigenvalue weighted by molar-refractivity contribution is 0.0965. The molecular weight excluding hydrogens is 330 g/mol. The number of ketones is 1. The van der Waals surface area contributed by atoms with Crippen LogP contribution in [-0.2, 0) is 0 Å². The first kappa shape index (κ1) is 18.2. The van der Waals surface area contributed by atoms with E-state index < -0.39 is 0 Å². The summed E-state index contributed by atoms with van der Waals surface area (Å²) in [5.41, 5.74) is 0.805. The molecule has 2 aromatic rings. The number of benzene rings is 1. The van der Waals surface area contributed by atoms with Crippen LogP contribution in [0.3, 0.4) is 0 Å². The lowest BCUT2D eigenvalue weighted by atomic mass is 10.1. The maximum Gasteiger partial charge on any atom is 0.166 e. The molecule has 2 atom stereocenters. The summed E-state index contributed by atoms with van der Waals surface area (Å²) in [7, 11) is 0. The van der Waals surface area contributed by atoms with E-state index in [2.05, 4.69) is 36.3 Å². The van der Waals surface area contributed by atoms with Crippen molar-refractivity contribution in [2.45, 2.75) is 32.6 Å². The highest BCUT2D eigenvalue weighted by atomic mass is 32.1. The van der Waals surface area contributed by atoms with Crippen molar-refractivity contribution >= 4 is 17.1 Å². The summed E-state index contributed by atoms with van der Waals surface area (Å²) in [6, 6.07) is 11.9. The third-order valence-corrected chi connectivity index (χ3v) is 5.96. The van der Waals surface area contributed by atoms with E-state index in [1.165, 1.54) is 4.88 Å². The van der Waals surface area contributed by atoms with E-state index in [4.69, 9.17) is 4.74 Å². The van der Waals surface area contributed by atoms with Crippen LogP contribution in [0, 0.1) is 5.92 Å². The van der Waals surface area contributed by atoms with E-state index >= 15 is 0 Å². The molecule has 0 spiro atoms. The fourth-order valence-electron chi connectivity index (χ4n) is 3.25. The van der Waals surface area contributed by atoms with Gasteiger partial charge in [-0.1, -0.05) is 19.9 Å². The molecule has 1 aromatic heterocycles. The summed E-state index contributed by atoms with van der Waals surface area (Å²) in [5, 5.41) is 2.08. The van der Waals surface area contributed by atoms with Crippen LogP contribution >= 0.6 is 11.3 Å². The zero-order chi connectivity index (χ0) is 17.6. The molecule has 1 heterocycles. The zero-order valence-electron chi connectivity index (χ0n) is 15.1. The number of Topliss-reactive ketones (excluding diaryl/α,β-unsaturated/α-hetero) is 1. The monoisotopic (exact) mass is 357 g/mol. The Balaban J connectivity index is 1.45. The normalized spacial score (nSPS) is 19.2. The SMILES string of the molecule is CCN(CC)CCCOc1ccc(C(=O)[C@@H]2C[C@H]2c2cccs2)cc1. The van der Waals surface area contributed by atoms with Crippen molar-refractivity contribution in [3.63, 3.8) is 0 Å². The van der Waals surface area contributed by atoms with Gasteiger partial charge in [-0.3, -0.25) is 4.79 Å². The molecular formula is C21H27NO2S. The van der Waals surface area contributed by atoms with Gasteiger partial charge in [-0.05, 0) is 61.6 Å². The highest BCUT2D eigenvalue weighted by molar-refractivity contribution is 7.10. The minimum Gasteiger partial charge on any atom is -0.494 e. The van der Waals surface area contributed by atoms with E-state index in [1.54, 1.807) is 11.3 Å². The molecule has 0 N–H and O–H groups in total. The number of rotatable bonds is 10. The second kappa shape index (κ2) is 8.63. The highest BCUT2D eigenvalue weighted by Gasteiger charge is 2.44. The number of ether oxygens (including phenoxy) is 1. The second-order valence-electron chi connectivity index (χ2n) is 6.58. The smallest absolute Gasteiger partial charge is 0.166 e. The molecule has 0 unspecified atom stereocenters. The Labute approximate surface area is 154 Å². The first-order valence-corrected chi connectivity index (χ1v) is 10.1. The van der Waals surface area contributed by atoms with Crippen LogP contribution < -0.4 is 4.74 Å². The van der Waals surface area contributed by atoms with Gasteiger partial charge >= 0.3 is 0 Å². The Hall–Kier alpha value is -1.65. The Morgan fingerprint density at radius 2 is 1.96 bits per heavy atom. The van der Waals surface area contributed by atoms with E-state index in [9.17, 15) is 4.79 Å². The minimum atomic E-state index is 0.166. The van der Waals surface area contributed by atoms with Gasteiger partial charge in [0.1, 0.15) is 5.75 Å². The molecule has 134 valence electrons. The van der Waals surface area contributed by atoms with Crippen LogP contribution in [0.4, 0.5) is 0 Å². The second-order valence-corrected chi connectivity index (χ2v) is 7.56. The van der Waals surface area contributed by atoms with Crippen LogP contribution in [0.1, 0.15) is 47.8 Å². The van der Waals surface area contributed by atoms with Crippen molar-refractivity contribution in [1.29, 1.82) is 0 Å². The maximum absolute atomic E-state index is 12.6. The van der Waals surface area contributed by atoms with Crippen LogP contribution in [0.5, 0.6) is 5.75 Å². The van der Waals surface area contributed by atoms with Crippen molar-refractivity contribution in [3.05, 3.63) is 52.2 Å². The zero-order valence-corrected chi connectivity index (χ0v) is 15.9. The molecule has 4 heteroatoms. The summed E-state index contributed by atoms with van der Waals surface area (Å²) >= 11 is 1.75. The van der Waals surface area contributed by atoms with Crippen molar-refractivity contribution in [1.82, 2.24) is 4.90 Å².